The molecular formula is C15H19N3O4S. The fraction of sp³-hybridized carbons (Fsp3) is 0.467. The molecule has 0 saturated carbocycles. The number of hydrogen-bond donors (Lipinski definition) is 1. The summed E-state index contributed by atoms with van der Waals surface area (Å²) in [4.78, 5) is 41.1. The third-order valence-corrected chi connectivity index (χ3v) is 4.96. The molecule has 0 fully saturated rings. The summed E-state index contributed by atoms with van der Waals surface area (Å²) in [5.41, 5.74) is 5.41. The molecule has 0 aliphatic rings. The summed E-state index contributed by atoms with van der Waals surface area (Å²) in [6.45, 7) is 6.92. The number of primary amides is 1. The van der Waals surface area contributed by atoms with Gasteiger partial charge in [-0.05, 0) is 32.8 Å². The van der Waals surface area contributed by atoms with Crippen molar-refractivity contribution in [3.8, 4) is 0 Å². The van der Waals surface area contributed by atoms with Gasteiger partial charge in [0.15, 0.2) is 0 Å². The lowest BCUT2D eigenvalue weighted by Gasteiger charge is -2.17. The first-order valence-corrected chi connectivity index (χ1v) is 8.10. The van der Waals surface area contributed by atoms with Gasteiger partial charge in [0, 0.05) is 0 Å². The Morgan fingerprint density at radius 1 is 1.43 bits per heavy atom. The predicted octanol–water partition coefficient (Wildman–Crippen LogP) is 1.77. The molecule has 0 aliphatic heterocycles. The summed E-state index contributed by atoms with van der Waals surface area (Å²) in [6, 6.07) is -0.801. The molecule has 2 unspecified atom stereocenters. The molecule has 0 radical (unpaired) electrons. The predicted molar refractivity (Wildman–Crippen MR) is 87.7 cm³/mol. The van der Waals surface area contributed by atoms with E-state index < -0.39 is 17.9 Å². The first kappa shape index (κ1) is 17.1. The van der Waals surface area contributed by atoms with Crippen molar-refractivity contribution in [1.29, 1.82) is 0 Å². The molecule has 0 bridgehead atoms. The molecule has 0 spiro atoms. The van der Waals surface area contributed by atoms with Crippen LogP contribution in [0.15, 0.2) is 11.1 Å². The number of carbonyl (C=O) groups is 2. The molecule has 23 heavy (non-hydrogen) atoms. The smallest absolute Gasteiger partial charge is 0.329 e. The molecule has 2 aromatic rings. The van der Waals surface area contributed by atoms with Crippen LogP contribution < -0.4 is 11.3 Å². The molecule has 0 saturated heterocycles. The van der Waals surface area contributed by atoms with E-state index in [1.54, 1.807) is 20.8 Å². The van der Waals surface area contributed by atoms with E-state index in [4.69, 9.17) is 10.5 Å². The molecule has 0 aromatic carbocycles. The minimum atomic E-state index is -0.801. The van der Waals surface area contributed by atoms with Crippen LogP contribution in [-0.4, -0.2) is 27.5 Å². The minimum absolute atomic E-state index is 0.221. The SMILES string of the molecule is CCC(C)OC(=O)C(C)n1cnc2sc(C(N)=O)c(C)c2c1=O. The Morgan fingerprint density at radius 2 is 2.09 bits per heavy atom. The standard InChI is InChI=1S/C15H19N3O4S/c1-5-7(2)22-15(21)9(4)18-6-17-13-10(14(18)20)8(3)11(23-13)12(16)19/h6-7,9H,5H2,1-4H3,(H2,16,19). The Balaban J connectivity index is 2.49. The number of carbonyl (C=O) groups excluding carboxylic acids is 2. The summed E-state index contributed by atoms with van der Waals surface area (Å²) in [7, 11) is 0. The van der Waals surface area contributed by atoms with Crippen molar-refractivity contribution in [2.75, 3.05) is 0 Å². The van der Waals surface area contributed by atoms with E-state index in [0.29, 0.717) is 27.1 Å². The molecule has 2 rings (SSSR count). The van der Waals surface area contributed by atoms with Gasteiger partial charge in [-0.2, -0.15) is 0 Å². The van der Waals surface area contributed by atoms with Crippen LogP contribution in [0.4, 0.5) is 0 Å². The first-order valence-electron chi connectivity index (χ1n) is 7.28. The van der Waals surface area contributed by atoms with E-state index in [0.717, 1.165) is 11.3 Å². The highest BCUT2D eigenvalue weighted by atomic mass is 32.1. The number of ether oxygens (including phenoxy) is 1. The second-order valence-electron chi connectivity index (χ2n) is 5.39. The lowest BCUT2D eigenvalue weighted by atomic mass is 10.2. The highest BCUT2D eigenvalue weighted by Crippen LogP contribution is 2.26. The largest absolute Gasteiger partial charge is 0.461 e. The van der Waals surface area contributed by atoms with E-state index in [2.05, 4.69) is 4.98 Å². The van der Waals surface area contributed by atoms with Gasteiger partial charge in [0.2, 0.25) is 0 Å². The summed E-state index contributed by atoms with van der Waals surface area (Å²) in [5, 5.41) is 0.314. The third kappa shape index (κ3) is 3.12. The molecule has 2 atom stereocenters. The molecular weight excluding hydrogens is 318 g/mol. The van der Waals surface area contributed by atoms with Crippen LogP contribution in [0, 0.1) is 6.92 Å². The number of amides is 1. The number of hydrogen-bond acceptors (Lipinski definition) is 6. The second-order valence-corrected chi connectivity index (χ2v) is 6.39. The number of esters is 1. The average molecular weight is 337 g/mol. The molecule has 2 heterocycles. The fourth-order valence-corrected chi connectivity index (χ4v) is 3.13. The molecule has 1 amide bonds. The summed E-state index contributed by atoms with van der Waals surface area (Å²) in [5.74, 6) is -1.09. The molecule has 2 aromatic heterocycles. The first-order chi connectivity index (χ1) is 10.8. The number of aryl methyl sites for hydroxylation is 1. The molecule has 8 heteroatoms. The van der Waals surface area contributed by atoms with E-state index in [-0.39, 0.29) is 11.7 Å². The van der Waals surface area contributed by atoms with Gasteiger partial charge in [-0.3, -0.25) is 14.2 Å². The van der Waals surface area contributed by atoms with Crippen molar-refractivity contribution < 1.29 is 14.3 Å². The van der Waals surface area contributed by atoms with Crippen molar-refractivity contribution in [1.82, 2.24) is 9.55 Å². The monoisotopic (exact) mass is 337 g/mol. The van der Waals surface area contributed by atoms with Crippen LogP contribution in [0.1, 0.15) is 48.5 Å². The fourth-order valence-electron chi connectivity index (χ4n) is 2.14. The van der Waals surface area contributed by atoms with Gasteiger partial charge in [-0.15, -0.1) is 11.3 Å². The van der Waals surface area contributed by atoms with Crippen LogP contribution in [-0.2, 0) is 9.53 Å². The van der Waals surface area contributed by atoms with Crippen molar-refractivity contribution in [2.45, 2.75) is 46.3 Å². The van der Waals surface area contributed by atoms with Crippen LogP contribution >= 0.6 is 11.3 Å². The third-order valence-electron chi connectivity index (χ3n) is 3.75. The number of nitrogens with zero attached hydrogens (tertiary/aromatic N) is 2. The zero-order valence-electron chi connectivity index (χ0n) is 13.5. The van der Waals surface area contributed by atoms with Gasteiger partial charge in [0.25, 0.3) is 11.5 Å². The number of aromatic nitrogens is 2. The summed E-state index contributed by atoms with van der Waals surface area (Å²) < 4.78 is 6.48. The quantitative estimate of drug-likeness (QED) is 0.837. The van der Waals surface area contributed by atoms with Gasteiger partial charge >= 0.3 is 5.97 Å². The number of nitrogens with two attached hydrogens (primary N) is 1. The maximum absolute atomic E-state index is 12.7. The molecule has 2 N–H and O–H groups in total. The number of fused-ring (bicyclic) bond motifs is 1. The van der Waals surface area contributed by atoms with Crippen molar-refractivity contribution in [3.63, 3.8) is 0 Å². The highest BCUT2D eigenvalue weighted by Gasteiger charge is 2.23. The van der Waals surface area contributed by atoms with Crippen molar-refractivity contribution in [2.24, 2.45) is 5.73 Å². The minimum Gasteiger partial charge on any atom is -0.461 e. The maximum Gasteiger partial charge on any atom is 0.329 e. The lowest BCUT2D eigenvalue weighted by Crippen LogP contribution is -2.31. The Bertz CT molecular complexity index is 824. The summed E-state index contributed by atoms with van der Waals surface area (Å²) >= 11 is 1.07. The van der Waals surface area contributed by atoms with Crippen LogP contribution in [0.2, 0.25) is 0 Å². The van der Waals surface area contributed by atoms with Gasteiger partial charge in [0.05, 0.1) is 22.7 Å². The Morgan fingerprint density at radius 3 is 2.65 bits per heavy atom. The molecule has 124 valence electrons. The van der Waals surface area contributed by atoms with E-state index in [1.807, 2.05) is 6.92 Å². The normalized spacial score (nSPS) is 13.7. The highest BCUT2D eigenvalue weighted by molar-refractivity contribution is 7.20. The average Bonchev–Trinajstić information content (AvgIpc) is 2.84. The molecule has 0 aliphatic carbocycles. The zero-order valence-corrected chi connectivity index (χ0v) is 14.3. The topological polar surface area (TPSA) is 104 Å². The van der Waals surface area contributed by atoms with Crippen LogP contribution in [0.5, 0.6) is 0 Å². The Labute approximate surface area is 137 Å². The lowest BCUT2D eigenvalue weighted by molar-refractivity contribution is -0.152. The molecule has 7 nitrogen and oxygen atoms in total. The zero-order chi connectivity index (χ0) is 17.3. The van der Waals surface area contributed by atoms with Gasteiger partial charge in [-0.1, -0.05) is 6.92 Å². The van der Waals surface area contributed by atoms with Crippen LogP contribution in [0.25, 0.3) is 10.2 Å². The van der Waals surface area contributed by atoms with E-state index in [1.165, 1.54) is 10.9 Å². The van der Waals surface area contributed by atoms with Gasteiger partial charge < -0.3 is 10.5 Å². The summed E-state index contributed by atoms with van der Waals surface area (Å²) in [6.07, 6.45) is 1.77. The Kier molecular flexibility index (Phi) is 4.84. The van der Waals surface area contributed by atoms with E-state index in [9.17, 15) is 14.4 Å². The van der Waals surface area contributed by atoms with Crippen LogP contribution in [0.3, 0.4) is 0 Å². The number of rotatable bonds is 5. The maximum atomic E-state index is 12.7. The van der Waals surface area contributed by atoms with Crippen molar-refractivity contribution >= 4 is 33.4 Å². The Hall–Kier alpha value is -2.22. The van der Waals surface area contributed by atoms with Gasteiger partial charge in [-0.25, -0.2) is 9.78 Å². The second kappa shape index (κ2) is 6.49. The van der Waals surface area contributed by atoms with E-state index >= 15 is 0 Å². The van der Waals surface area contributed by atoms with Gasteiger partial charge in [0.1, 0.15) is 10.9 Å². The number of thiophene rings is 1. The van der Waals surface area contributed by atoms with Crippen molar-refractivity contribution in [3.05, 3.63) is 27.1 Å².